The van der Waals surface area contributed by atoms with Gasteiger partial charge in [-0.1, -0.05) is 56.5 Å². The van der Waals surface area contributed by atoms with Gasteiger partial charge in [0, 0.05) is 49.5 Å². The minimum Gasteiger partial charge on any atom is -0.301 e. The van der Waals surface area contributed by atoms with E-state index in [1.807, 2.05) is 30.3 Å². The highest BCUT2D eigenvalue weighted by Gasteiger charge is 2.59. The number of aryl methyl sites for hydroxylation is 1. The molecule has 1 aliphatic heterocycles. The molecule has 0 atom stereocenters. The number of hydrogen-bond donors (Lipinski definition) is 0. The van der Waals surface area contributed by atoms with Crippen molar-refractivity contribution in [2.45, 2.75) is 51.0 Å². The Morgan fingerprint density at radius 1 is 0.875 bits per heavy atom. The van der Waals surface area contributed by atoms with E-state index in [2.05, 4.69) is 16.7 Å². The standard InChI is InChI=1S/C27H33N3O2/c1-2-21-11-8-14-24(28-21)27(25(31)22-12-6-7-13-23(22)26(27)32)30-17-15-29(16-18-30)19-20-9-4-3-5-10-20/h6-8,11-14,20H,2-5,9-10,15-19H2,1H3. The van der Waals surface area contributed by atoms with Crippen molar-refractivity contribution in [2.75, 3.05) is 32.7 Å². The molecule has 0 spiro atoms. The van der Waals surface area contributed by atoms with Crippen molar-refractivity contribution < 1.29 is 9.59 Å². The summed E-state index contributed by atoms with van der Waals surface area (Å²) in [6.45, 7) is 6.39. The van der Waals surface area contributed by atoms with E-state index in [-0.39, 0.29) is 11.6 Å². The van der Waals surface area contributed by atoms with Crippen LogP contribution in [0, 0.1) is 5.92 Å². The second kappa shape index (κ2) is 8.87. The maximum atomic E-state index is 13.9. The van der Waals surface area contributed by atoms with Crippen LogP contribution in [-0.4, -0.2) is 59.1 Å². The summed E-state index contributed by atoms with van der Waals surface area (Å²) in [5, 5.41) is 0. The SMILES string of the molecule is CCc1cccc(C2(N3CCN(CC4CCCCC4)CC3)C(=O)c3ccccc3C2=O)n1. The third-order valence-electron chi connectivity index (χ3n) is 7.70. The molecule has 2 fully saturated rings. The molecule has 168 valence electrons. The first-order valence-corrected chi connectivity index (χ1v) is 12.3. The number of benzene rings is 1. The molecule has 0 unspecified atom stereocenters. The van der Waals surface area contributed by atoms with Crippen LogP contribution in [0.2, 0.25) is 0 Å². The highest BCUT2D eigenvalue weighted by Crippen LogP contribution is 2.42. The van der Waals surface area contributed by atoms with Crippen LogP contribution in [0.25, 0.3) is 0 Å². The Morgan fingerprint density at radius 2 is 1.53 bits per heavy atom. The maximum absolute atomic E-state index is 13.9. The van der Waals surface area contributed by atoms with Crippen LogP contribution < -0.4 is 0 Å². The molecule has 0 N–H and O–H groups in total. The summed E-state index contributed by atoms with van der Waals surface area (Å²) in [5.74, 6) is 0.574. The van der Waals surface area contributed by atoms with Crippen molar-refractivity contribution in [3.8, 4) is 0 Å². The lowest BCUT2D eigenvalue weighted by Crippen LogP contribution is -2.61. The number of ketones is 2. The van der Waals surface area contributed by atoms with Crippen LogP contribution >= 0.6 is 0 Å². The van der Waals surface area contributed by atoms with E-state index in [0.717, 1.165) is 37.7 Å². The second-order valence-corrected chi connectivity index (χ2v) is 9.57. The lowest BCUT2D eigenvalue weighted by atomic mass is 9.85. The summed E-state index contributed by atoms with van der Waals surface area (Å²) in [6.07, 6.45) is 7.53. The zero-order chi connectivity index (χ0) is 22.1. The van der Waals surface area contributed by atoms with Gasteiger partial charge < -0.3 is 4.90 Å². The molecule has 2 aliphatic carbocycles. The molecule has 3 aliphatic rings. The Balaban J connectivity index is 1.46. The number of pyridine rings is 1. The van der Waals surface area contributed by atoms with Crippen molar-refractivity contribution in [3.05, 3.63) is 65.0 Å². The van der Waals surface area contributed by atoms with Gasteiger partial charge in [-0.05, 0) is 37.3 Å². The second-order valence-electron chi connectivity index (χ2n) is 9.57. The third-order valence-corrected chi connectivity index (χ3v) is 7.70. The fourth-order valence-electron chi connectivity index (χ4n) is 5.93. The summed E-state index contributed by atoms with van der Waals surface area (Å²) < 4.78 is 0. The average Bonchev–Trinajstić information content (AvgIpc) is 3.08. The number of hydrogen-bond acceptors (Lipinski definition) is 5. The van der Waals surface area contributed by atoms with E-state index in [0.29, 0.717) is 29.9 Å². The fraction of sp³-hybridized carbons (Fsp3) is 0.519. The van der Waals surface area contributed by atoms with Crippen LogP contribution in [0.3, 0.4) is 0 Å². The third kappa shape index (κ3) is 3.52. The molecule has 1 aromatic heterocycles. The molecule has 0 bridgehead atoms. The zero-order valence-corrected chi connectivity index (χ0v) is 19.1. The first-order chi connectivity index (χ1) is 15.6. The van der Waals surface area contributed by atoms with Crippen molar-refractivity contribution in [1.82, 2.24) is 14.8 Å². The highest BCUT2D eigenvalue weighted by molar-refractivity contribution is 6.32. The predicted octanol–water partition coefficient (Wildman–Crippen LogP) is 4.12. The number of carbonyl (C=O) groups excluding carboxylic acids is 2. The lowest BCUT2D eigenvalue weighted by molar-refractivity contribution is 0.0244. The van der Waals surface area contributed by atoms with Gasteiger partial charge in [-0.3, -0.25) is 19.5 Å². The summed E-state index contributed by atoms with van der Waals surface area (Å²) in [7, 11) is 0. The Labute approximate surface area is 190 Å². The van der Waals surface area contributed by atoms with E-state index in [1.54, 1.807) is 12.1 Å². The van der Waals surface area contributed by atoms with E-state index in [9.17, 15) is 9.59 Å². The number of fused-ring (bicyclic) bond motifs is 1. The molecule has 1 saturated carbocycles. The van der Waals surface area contributed by atoms with Crippen LogP contribution in [0.5, 0.6) is 0 Å². The summed E-state index contributed by atoms with van der Waals surface area (Å²) in [6, 6.07) is 13.0. The summed E-state index contributed by atoms with van der Waals surface area (Å²) in [4.78, 5) is 37.3. The molecular formula is C27H33N3O2. The topological polar surface area (TPSA) is 53.5 Å². The maximum Gasteiger partial charge on any atom is 0.198 e. The Hall–Kier alpha value is -2.37. The van der Waals surface area contributed by atoms with E-state index < -0.39 is 5.54 Å². The van der Waals surface area contributed by atoms with Crippen molar-refractivity contribution in [1.29, 1.82) is 0 Å². The van der Waals surface area contributed by atoms with E-state index in [4.69, 9.17) is 4.98 Å². The van der Waals surface area contributed by atoms with Crippen LogP contribution in [0.4, 0.5) is 0 Å². The molecule has 1 saturated heterocycles. The quantitative estimate of drug-likeness (QED) is 0.667. The Morgan fingerprint density at radius 3 is 2.16 bits per heavy atom. The summed E-state index contributed by atoms with van der Waals surface area (Å²) >= 11 is 0. The molecule has 2 heterocycles. The van der Waals surface area contributed by atoms with Crippen LogP contribution in [-0.2, 0) is 12.0 Å². The molecular weight excluding hydrogens is 398 g/mol. The van der Waals surface area contributed by atoms with Gasteiger partial charge in [0.2, 0.25) is 0 Å². The van der Waals surface area contributed by atoms with Crippen molar-refractivity contribution in [3.63, 3.8) is 0 Å². The monoisotopic (exact) mass is 431 g/mol. The minimum absolute atomic E-state index is 0.111. The van der Waals surface area contributed by atoms with Crippen LogP contribution in [0.1, 0.15) is 71.1 Å². The minimum atomic E-state index is -1.33. The zero-order valence-electron chi connectivity index (χ0n) is 19.1. The molecule has 2 aromatic rings. The molecule has 0 radical (unpaired) electrons. The number of aromatic nitrogens is 1. The van der Waals surface area contributed by atoms with E-state index in [1.165, 1.54) is 32.1 Å². The largest absolute Gasteiger partial charge is 0.301 e. The molecule has 5 heteroatoms. The van der Waals surface area contributed by atoms with Gasteiger partial charge in [0.25, 0.3) is 0 Å². The number of carbonyl (C=O) groups is 2. The van der Waals surface area contributed by atoms with Crippen molar-refractivity contribution in [2.24, 2.45) is 5.92 Å². The van der Waals surface area contributed by atoms with Gasteiger partial charge in [0.1, 0.15) is 0 Å². The Kier molecular flexibility index (Phi) is 5.95. The predicted molar refractivity (Wildman–Crippen MR) is 125 cm³/mol. The van der Waals surface area contributed by atoms with Gasteiger partial charge in [-0.15, -0.1) is 0 Å². The molecule has 32 heavy (non-hydrogen) atoms. The smallest absolute Gasteiger partial charge is 0.198 e. The Bertz CT molecular complexity index is 968. The van der Waals surface area contributed by atoms with E-state index >= 15 is 0 Å². The number of Topliss-reactive ketones (excluding diaryl/α,β-unsaturated/α-hetero) is 2. The molecule has 5 nitrogen and oxygen atoms in total. The highest BCUT2D eigenvalue weighted by atomic mass is 16.2. The lowest BCUT2D eigenvalue weighted by Gasteiger charge is -2.44. The number of rotatable bonds is 5. The number of piperazine rings is 1. The van der Waals surface area contributed by atoms with Crippen LogP contribution in [0.15, 0.2) is 42.5 Å². The first kappa shape index (κ1) is 21.5. The van der Waals surface area contributed by atoms with Gasteiger partial charge >= 0.3 is 0 Å². The molecule has 5 rings (SSSR count). The summed E-state index contributed by atoms with van der Waals surface area (Å²) in [5.41, 5.74) is 1.24. The van der Waals surface area contributed by atoms with Gasteiger partial charge in [0.15, 0.2) is 17.1 Å². The number of nitrogens with zero attached hydrogens (tertiary/aromatic N) is 3. The normalized spacial score (nSPS) is 22.3. The van der Waals surface area contributed by atoms with Gasteiger partial charge in [-0.2, -0.15) is 0 Å². The van der Waals surface area contributed by atoms with Gasteiger partial charge in [0.05, 0.1) is 5.69 Å². The van der Waals surface area contributed by atoms with Crippen molar-refractivity contribution >= 4 is 11.6 Å². The molecule has 1 aromatic carbocycles. The van der Waals surface area contributed by atoms with Gasteiger partial charge in [-0.25, -0.2) is 0 Å². The first-order valence-electron chi connectivity index (χ1n) is 12.3. The average molecular weight is 432 g/mol. The fourth-order valence-corrected chi connectivity index (χ4v) is 5.93. The molecule has 0 amide bonds.